The number of phosphoric acid groups is 1. The van der Waals surface area contributed by atoms with Gasteiger partial charge >= 0.3 is 7.82 Å². The zero-order chi connectivity index (χ0) is 33.4. The number of carbonyl (C=O) groups is 1. The zero-order valence-corrected chi connectivity index (χ0v) is 27.5. The quantitative estimate of drug-likeness (QED) is 0.0655. The normalized spacial score (nSPS) is 17.7. The van der Waals surface area contributed by atoms with E-state index in [2.05, 4.69) is 28.4 Å². The Bertz CT molecular complexity index is 1830. The van der Waals surface area contributed by atoms with Gasteiger partial charge in [-0.05, 0) is 59.2 Å². The molecule has 0 radical (unpaired) electrons. The standard InChI is InChI=1S/C29H34ClN4O10PS/c1-17(2)7-9-43-20-3-6-24-18(11-20)12-25(32-24)29(35)33-16-19(15-30)28-22-5-4-21(13-23(22)26(34(36)37)14-27(28)33)46(41,42)31-8-10-44-45(38,39)40/h3-6,11,13-14,17,19,25,31-32H,7-10,12,15-16H2,1-2H3,(H2,38,39,40). The minimum atomic E-state index is -4.79. The summed E-state index contributed by atoms with van der Waals surface area (Å²) in [6.07, 6.45) is 1.31. The van der Waals surface area contributed by atoms with Gasteiger partial charge in [0.2, 0.25) is 15.9 Å². The van der Waals surface area contributed by atoms with Crippen LogP contribution in [0.3, 0.4) is 0 Å². The summed E-state index contributed by atoms with van der Waals surface area (Å²) in [5.41, 5.74) is 2.28. The van der Waals surface area contributed by atoms with Gasteiger partial charge in [0.1, 0.15) is 11.8 Å². The third-order valence-corrected chi connectivity index (χ3v) is 10.3. The monoisotopic (exact) mass is 696 g/mol. The lowest BCUT2D eigenvalue weighted by molar-refractivity contribution is -0.383. The third-order valence-electron chi connectivity index (χ3n) is 7.91. The first-order valence-corrected chi connectivity index (χ1v) is 18.1. The summed E-state index contributed by atoms with van der Waals surface area (Å²) >= 11 is 6.35. The Morgan fingerprint density at radius 2 is 1.96 bits per heavy atom. The summed E-state index contributed by atoms with van der Waals surface area (Å²) in [6.45, 7) is 3.97. The van der Waals surface area contributed by atoms with Crippen molar-refractivity contribution in [2.24, 2.45) is 5.92 Å². The van der Waals surface area contributed by atoms with Gasteiger partial charge in [-0.1, -0.05) is 19.9 Å². The Kier molecular flexibility index (Phi) is 9.94. The lowest BCUT2D eigenvalue weighted by Gasteiger charge is -2.22. The lowest BCUT2D eigenvalue weighted by Crippen LogP contribution is -2.41. The van der Waals surface area contributed by atoms with E-state index in [-0.39, 0.29) is 34.5 Å². The molecule has 0 fully saturated rings. The number of rotatable bonds is 13. The number of anilines is 2. The van der Waals surface area contributed by atoms with Gasteiger partial charge in [-0.2, -0.15) is 0 Å². The topological polar surface area (TPSA) is 198 Å². The fourth-order valence-electron chi connectivity index (χ4n) is 5.71. The number of non-ortho nitro benzene ring substituents is 1. The minimum Gasteiger partial charge on any atom is -0.494 e. The second-order valence-electron chi connectivity index (χ2n) is 11.6. The maximum atomic E-state index is 13.9. The largest absolute Gasteiger partial charge is 0.494 e. The number of fused-ring (bicyclic) bond motifs is 4. The van der Waals surface area contributed by atoms with E-state index in [4.69, 9.17) is 26.1 Å². The summed E-state index contributed by atoms with van der Waals surface area (Å²) in [5.74, 6) is 0.686. The highest BCUT2D eigenvalue weighted by atomic mass is 35.5. The number of nitro benzene ring substituents is 1. The van der Waals surface area contributed by atoms with Crippen molar-refractivity contribution in [3.8, 4) is 5.75 Å². The number of hydrogen-bond acceptors (Lipinski definition) is 9. The number of phosphoric ester groups is 1. The van der Waals surface area contributed by atoms with E-state index in [1.165, 1.54) is 23.1 Å². The summed E-state index contributed by atoms with van der Waals surface area (Å²) in [5, 5.41) is 15.9. The van der Waals surface area contributed by atoms with Crippen LogP contribution in [0.4, 0.5) is 17.1 Å². The van der Waals surface area contributed by atoms with E-state index in [1.807, 2.05) is 18.2 Å². The number of halogens is 1. The van der Waals surface area contributed by atoms with Gasteiger partial charge < -0.3 is 24.7 Å². The summed E-state index contributed by atoms with van der Waals surface area (Å²) in [6, 6.07) is 10.2. The second kappa shape index (κ2) is 13.4. The van der Waals surface area contributed by atoms with Gasteiger partial charge in [-0.15, -0.1) is 11.6 Å². The van der Waals surface area contributed by atoms with Gasteiger partial charge in [0.25, 0.3) is 5.69 Å². The number of amides is 1. The molecule has 0 aliphatic carbocycles. The predicted octanol–water partition coefficient (Wildman–Crippen LogP) is 4.27. The molecule has 1 amide bonds. The highest BCUT2D eigenvalue weighted by Gasteiger charge is 2.40. The fourth-order valence-corrected chi connectivity index (χ4v) is 7.33. The van der Waals surface area contributed by atoms with Crippen LogP contribution in [0, 0.1) is 16.0 Å². The predicted molar refractivity (Wildman–Crippen MR) is 172 cm³/mol. The van der Waals surface area contributed by atoms with E-state index in [1.54, 1.807) is 0 Å². The number of hydrogen-bond donors (Lipinski definition) is 4. The maximum Gasteiger partial charge on any atom is 0.469 e. The number of nitro groups is 1. The van der Waals surface area contributed by atoms with E-state index >= 15 is 0 Å². The van der Waals surface area contributed by atoms with Crippen LogP contribution >= 0.6 is 19.4 Å². The maximum absolute atomic E-state index is 13.9. The van der Waals surface area contributed by atoms with Gasteiger partial charge in [-0.3, -0.25) is 19.4 Å². The first-order chi connectivity index (χ1) is 21.7. The van der Waals surface area contributed by atoms with Crippen LogP contribution in [0.5, 0.6) is 5.75 Å². The fraction of sp³-hybridized carbons (Fsp3) is 0.414. The molecule has 2 atom stereocenters. The molecule has 14 nitrogen and oxygen atoms in total. The molecule has 3 aromatic carbocycles. The Morgan fingerprint density at radius 1 is 1.20 bits per heavy atom. The number of alkyl halides is 1. The molecule has 0 bridgehead atoms. The molecule has 3 aromatic rings. The van der Waals surface area contributed by atoms with Crippen LogP contribution < -0.4 is 19.7 Å². The van der Waals surface area contributed by atoms with Crippen LogP contribution in [-0.4, -0.2) is 67.3 Å². The average molecular weight is 697 g/mol. The molecule has 0 aromatic heterocycles. The number of ether oxygens (including phenoxy) is 1. The minimum absolute atomic E-state index is 0.0406. The van der Waals surface area contributed by atoms with E-state index in [0.29, 0.717) is 35.6 Å². The average Bonchev–Trinajstić information content (AvgIpc) is 3.59. The molecular weight excluding hydrogens is 663 g/mol. The zero-order valence-electron chi connectivity index (χ0n) is 25.0. The van der Waals surface area contributed by atoms with Crippen molar-refractivity contribution in [2.75, 3.05) is 42.4 Å². The van der Waals surface area contributed by atoms with Crippen LogP contribution in [0.2, 0.25) is 0 Å². The number of benzene rings is 3. The van der Waals surface area contributed by atoms with E-state index in [9.17, 15) is 27.9 Å². The summed E-state index contributed by atoms with van der Waals surface area (Å²) in [7, 11) is -9.02. The molecule has 17 heteroatoms. The molecular formula is C29H34ClN4O10PS. The summed E-state index contributed by atoms with van der Waals surface area (Å²) in [4.78, 5) is 44.3. The molecule has 2 aliphatic heterocycles. The first kappa shape index (κ1) is 34.0. The number of nitrogens with zero attached hydrogens (tertiary/aromatic N) is 2. The molecule has 0 saturated heterocycles. The number of nitrogens with one attached hydrogen (secondary N) is 2. The van der Waals surface area contributed by atoms with E-state index < -0.39 is 47.7 Å². The van der Waals surface area contributed by atoms with Crippen LogP contribution in [0.25, 0.3) is 10.8 Å². The molecule has 2 unspecified atom stereocenters. The van der Waals surface area contributed by atoms with Gasteiger partial charge in [0.15, 0.2) is 0 Å². The van der Waals surface area contributed by atoms with Crippen molar-refractivity contribution in [3.63, 3.8) is 0 Å². The van der Waals surface area contributed by atoms with Crippen LogP contribution in [0.15, 0.2) is 47.4 Å². The third kappa shape index (κ3) is 7.31. The second-order valence-corrected chi connectivity index (χ2v) is 14.9. The van der Waals surface area contributed by atoms with Crippen molar-refractivity contribution in [2.45, 2.75) is 43.5 Å². The first-order valence-electron chi connectivity index (χ1n) is 14.5. The van der Waals surface area contributed by atoms with Crippen molar-refractivity contribution >= 4 is 63.2 Å². The molecule has 4 N–H and O–H groups in total. The van der Waals surface area contributed by atoms with Gasteiger partial charge in [0, 0.05) is 43.1 Å². The van der Waals surface area contributed by atoms with Crippen molar-refractivity contribution in [1.29, 1.82) is 0 Å². The molecule has 5 rings (SSSR count). The Morgan fingerprint density at radius 3 is 2.63 bits per heavy atom. The van der Waals surface area contributed by atoms with Crippen molar-refractivity contribution in [1.82, 2.24) is 4.72 Å². The molecule has 0 spiro atoms. The highest BCUT2D eigenvalue weighted by molar-refractivity contribution is 7.89. The smallest absolute Gasteiger partial charge is 0.469 e. The van der Waals surface area contributed by atoms with E-state index in [0.717, 1.165) is 29.5 Å². The van der Waals surface area contributed by atoms with Gasteiger partial charge in [-0.25, -0.2) is 17.7 Å². The Labute approximate surface area is 270 Å². The Hall–Kier alpha value is -3.30. The molecule has 248 valence electrons. The Balaban J connectivity index is 1.42. The lowest BCUT2D eigenvalue weighted by atomic mass is 9.95. The van der Waals surface area contributed by atoms with Crippen LogP contribution in [-0.2, 0) is 30.3 Å². The number of carbonyl (C=O) groups excluding carboxylic acids is 1. The van der Waals surface area contributed by atoms with Crippen molar-refractivity contribution in [3.05, 3.63) is 63.7 Å². The molecule has 46 heavy (non-hydrogen) atoms. The molecule has 0 saturated carbocycles. The van der Waals surface area contributed by atoms with Crippen molar-refractivity contribution < 1.29 is 41.7 Å². The SMILES string of the molecule is CC(C)CCOc1ccc2c(c1)CC(C(=O)N1CC(CCl)c3c1cc([N+](=O)[O-])c1cc(S(=O)(=O)NCCOP(=O)(O)O)ccc31)N2. The summed E-state index contributed by atoms with van der Waals surface area (Å²) < 4.78 is 49.0. The number of sulfonamides is 1. The highest BCUT2D eigenvalue weighted by Crippen LogP contribution is 2.46. The molecule has 2 heterocycles. The molecule has 2 aliphatic rings. The van der Waals surface area contributed by atoms with Crippen LogP contribution in [0.1, 0.15) is 37.3 Å². The van der Waals surface area contributed by atoms with Gasteiger partial charge in [0.05, 0.1) is 34.1 Å².